The number of carbonyl (C=O) groups excluding carboxylic acids is 1. The number of nitrogens with zero attached hydrogens (tertiary/aromatic N) is 5. The van der Waals surface area contributed by atoms with Crippen molar-refractivity contribution in [2.75, 3.05) is 11.4 Å². The molecule has 0 bridgehead atoms. The van der Waals surface area contributed by atoms with Crippen LogP contribution in [0, 0.1) is 0 Å². The van der Waals surface area contributed by atoms with Crippen LogP contribution in [0.1, 0.15) is 49.5 Å². The summed E-state index contributed by atoms with van der Waals surface area (Å²) in [6.45, 7) is 7.29. The second-order valence-electron chi connectivity index (χ2n) is 7.76. The largest absolute Gasteiger partial charge is 0.368 e. The number of rotatable bonds is 7. The van der Waals surface area contributed by atoms with Crippen LogP contribution in [0.25, 0.3) is 5.65 Å². The van der Waals surface area contributed by atoms with Crippen LogP contribution >= 0.6 is 11.6 Å². The van der Waals surface area contributed by atoms with Crippen LogP contribution in [0.15, 0.2) is 37.1 Å². The summed E-state index contributed by atoms with van der Waals surface area (Å²) in [5, 5.41) is 4.72. The second kappa shape index (κ2) is 7.94. The first-order chi connectivity index (χ1) is 13.6. The lowest BCUT2D eigenvalue weighted by molar-refractivity contribution is 0.100. The van der Waals surface area contributed by atoms with Gasteiger partial charge in [0.2, 0.25) is 0 Å². The molecule has 29 heavy (non-hydrogen) atoms. The normalized spacial score (nSPS) is 13.1. The van der Waals surface area contributed by atoms with Crippen molar-refractivity contribution in [1.82, 2.24) is 19.6 Å². The lowest BCUT2D eigenvalue weighted by Gasteiger charge is -2.36. The van der Waals surface area contributed by atoms with E-state index >= 15 is 4.39 Å². The topological polar surface area (TPSA) is 89.4 Å². The Labute approximate surface area is 173 Å². The Balaban J connectivity index is 2.09. The van der Waals surface area contributed by atoms with Crippen molar-refractivity contribution in [2.45, 2.75) is 45.3 Å². The summed E-state index contributed by atoms with van der Waals surface area (Å²) in [5.41, 5.74) is 6.06. The van der Waals surface area contributed by atoms with E-state index in [1.165, 1.54) is 30.8 Å². The molecule has 1 amide bonds. The lowest BCUT2D eigenvalue weighted by Crippen LogP contribution is -2.41. The van der Waals surface area contributed by atoms with E-state index in [2.05, 4.69) is 15.1 Å². The van der Waals surface area contributed by atoms with Gasteiger partial charge in [-0.2, -0.15) is 5.10 Å². The molecule has 3 heterocycles. The highest BCUT2D eigenvalue weighted by atomic mass is 35.5. The van der Waals surface area contributed by atoms with Gasteiger partial charge in [-0.1, -0.05) is 11.6 Å². The van der Waals surface area contributed by atoms with Crippen molar-refractivity contribution < 1.29 is 9.18 Å². The molecule has 1 unspecified atom stereocenters. The second-order valence-corrected chi connectivity index (χ2v) is 8.20. The first kappa shape index (κ1) is 21.0. The molecule has 0 aliphatic heterocycles. The van der Waals surface area contributed by atoms with Gasteiger partial charge in [-0.05, 0) is 33.8 Å². The molecule has 7 nitrogen and oxygen atoms in total. The summed E-state index contributed by atoms with van der Waals surface area (Å²) in [7, 11) is 0. The minimum absolute atomic E-state index is 0.0235. The smallest absolute Gasteiger partial charge is 0.252 e. The maximum atomic E-state index is 15.4. The van der Waals surface area contributed by atoms with Gasteiger partial charge in [0, 0.05) is 42.7 Å². The quantitative estimate of drug-likeness (QED) is 0.632. The van der Waals surface area contributed by atoms with Crippen LogP contribution < -0.4 is 10.6 Å². The number of hydrogen-bond acceptors (Lipinski definition) is 5. The van der Waals surface area contributed by atoms with Crippen LogP contribution in [0.4, 0.5) is 10.1 Å². The van der Waals surface area contributed by atoms with Crippen molar-refractivity contribution >= 4 is 28.8 Å². The van der Waals surface area contributed by atoms with E-state index in [-0.39, 0.29) is 12.6 Å². The number of nitrogens with two attached hydrogens (primary N) is 1. The molecule has 0 aliphatic rings. The van der Waals surface area contributed by atoms with E-state index in [1.54, 1.807) is 24.7 Å². The highest BCUT2D eigenvalue weighted by molar-refractivity contribution is 6.30. The van der Waals surface area contributed by atoms with Gasteiger partial charge in [0.05, 0.1) is 28.7 Å². The average molecular weight is 419 g/mol. The van der Waals surface area contributed by atoms with Gasteiger partial charge in [-0.25, -0.2) is 13.9 Å². The van der Waals surface area contributed by atoms with Gasteiger partial charge in [0.15, 0.2) is 5.65 Å². The molecule has 154 valence electrons. The number of amides is 1. The maximum Gasteiger partial charge on any atom is 0.252 e. The number of pyridine rings is 1. The summed E-state index contributed by atoms with van der Waals surface area (Å²) >= 11 is 6.00. The van der Waals surface area contributed by atoms with Gasteiger partial charge < -0.3 is 10.6 Å². The van der Waals surface area contributed by atoms with Crippen molar-refractivity contribution in [3.8, 4) is 0 Å². The van der Waals surface area contributed by atoms with Crippen LogP contribution in [-0.2, 0) is 0 Å². The number of aromatic nitrogens is 4. The first-order valence-electron chi connectivity index (χ1n) is 9.27. The van der Waals surface area contributed by atoms with Crippen LogP contribution in [0.5, 0.6) is 0 Å². The highest BCUT2D eigenvalue weighted by Crippen LogP contribution is 2.36. The fourth-order valence-corrected chi connectivity index (χ4v) is 3.55. The third-order valence-corrected chi connectivity index (χ3v) is 5.13. The molecule has 0 saturated heterocycles. The first-order valence-corrected chi connectivity index (χ1v) is 9.65. The fourth-order valence-electron chi connectivity index (χ4n) is 3.41. The molecule has 0 spiro atoms. The van der Waals surface area contributed by atoms with E-state index in [9.17, 15) is 4.79 Å². The molecular formula is C20H24ClFN6O. The number of alkyl halides is 1. The van der Waals surface area contributed by atoms with Crippen molar-refractivity contribution in [3.05, 3.63) is 53.2 Å². The summed E-state index contributed by atoms with van der Waals surface area (Å²) in [6, 6.07) is 1.70. The number of fused-ring (bicyclic) bond motifs is 1. The summed E-state index contributed by atoms with van der Waals surface area (Å²) in [4.78, 5) is 22.2. The Kier molecular flexibility index (Phi) is 5.75. The Bertz CT molecular complexity index is 1030. The Morgan fingerprint density at radius 3 is 2.69 bits per heavy atom. The van der Waals surface area contributed by atoms with Crippen LogP contribution in [0.3, 0.4) is 0 Å². The zero-order valence-corrected chi connectivity index (χ0v) is 17.6. The van der Waals surface area contributed by atoms with Gasteiger partial charge in [0.25, 0.3) is 5.91 Å². The summed E-state index contributed by atoms with van der Waals surface area (Å²) in [5.74, 6) is -1.16. The highest BCUT2D eigenvalue weighted by Gasteiger charge is 2.36. The molecule has 3 aromatic heterocycles. The summed E-state index contributed by atoms with van der Waals surface area (Å²) in [6.07, 6.45) is 7.78. The molecule has 3 aromatic rings. The zero-order chi connectivity index (χ0) is 21.3. The third-order valence-electron chi connectivity index (χ3n) is 4.93. The van der Waals surface area contributed by atoms with E-state index in [0.717, 1.165) is 0 Å². The van der Waals surface area contributed by atoms with E-state index < -0.39 is 17.5 Å². The van der Waals surface area contributed by atoms with Gasteiger partial charge in [-0.3, -0.25) is 9.78 Å². The number of carbonyl (C=O) groups is 1. The standard InChI is InChI=1S/C20H24ClFN6O/c1-12(2)27(17-5-6-24-8-15(17)18(23)29)11-16(20(3,4)22)14-9-26-28-10-13(21)7-25-19(14)28/h5-10,12,16H,11H2,1-4H3,(H2,23,29). The Morgan fingerprint density at radius 1 is 1.34 bits per heavy atom. The van der Waals surface area contributed by atoms with E-state index in [1.807, 2.05) is 18.7 Å². The Hall–Kier alpha value is -2.74. The molecule has 0 radical (unpaired) electrons. The molecule has 0 saturated carbocycles. The maximum absolute atomic E-state index is 15.4. The molecular weight excluding hydrogens is 395 g/mol. The lowest BCUT2D eigenvalue weighted by atomic mass is 9.86. The monoisotopic (exact) mass is 418 g/mol. The van der Waals surface area contributed by atoms with Gasteiger partial charge in [-0.15, -0.1) is 0 Å². The zero-order valence-electron chi connectivity index (χ0n) is 16.8. The van der Waals surface area contributed by atoms with Crippen LogP contribution in [0.2, 0.25) is 5.02 Å². The molecule has 1 atom stereocenters. The van der Waals surface area contributed by atoms with Gasteiger partial charge in [0.1, 0.15) is 5.67 Å². The van der Waals surface area contributed by atoms with Crippen molar-refractivity contribution in [3.63, 3.8) is 0 Å². The molecule has 0 fully saturated rings. The number of hydrogen-bond donors (Lipinski definition) is 1. The molecule has 3 rings (SSSR count). The third kappa shape index (κ3) is 4.32. The van der Waals surface area contributed by atoms with Crippen molar-refractivity contribution in [1.29, 1.82) is 0 Å². The van der Waals surface area contributed by atoms with E-state index in [4.69, 9.17) is 17.3 Å². The van der Waals surface area contributed by atoms with Gasteiger partial charge >= 0.3 is 0 Å². The predicted octanol–water partition coefficient (Wildman–Crippen LogP) is 3.62. The van der Waals surface area contributed by atoms with E-state index in [0.29, 0.717) is 27.5 Å². The molecule has 0 aromatic carbocycles. The van der Waals surface area contributed by atoms with Crippen LogP contribution in [-0.4, -0.2) is 43.7 Å². The number of primary amides is 1. The summed E-state index contributed by atoms with van der Waals surface area (Å²) < 4.78 is 16.9. The van der Waals surface area contributed by atoms with Crippen molar-refractivity contribution in [2.24, 2.45) is 5.73 Å². The molecule has 9 heteroatoms. The SMILES string of the molecule is CC(C)N(CC(c1cnn2cc(Cl)cnc12)C(C)(C)F)c1ccncc1C(N)=O. The fraction of sp³-hybridized carbons (Fsp3) is 0.400. The molecule has 2 N–H and O–H groups in total. The Morgan fingerprint density at radius 2 is 2.07 bits per heavy atom. The average Bonchev–Trinajstić information content (AvgIpc) is 3.03. The predicted molar refractivity (Wildman–Crippen MR) is 111 cm³/mol. The minimum Gasteiger partial charge on any atom is -0.368 e. The number of halogens is 2. The number of anilines is 1. The minimum atomic E-state index is -1.59. The molecule has 0 aliphatic carbocycles.